The second kappa shape index (κ2) is 33.2. The fraction of sp³-hybridized carbons (Fsp3) is 0.932. The van der Waals surface area contributed by atoms with Crippen LogP contribution in [0, 0.1) is 0 Å². The van der Waals surface area contributed by atoms with E-state index in [0.717, 1.165) is 34.0 Å². The molecule has 0 aliphatic carbocycles. The Bertz CT molecular complexity index is 1500. The zero-order chi connectivity index (χ0) is 56.2. The second-order valence-corrected chi connectivity index (χ2v) is 18.7. The van der Waals surface area contributed by atoms with Crippen LogP contribution in [-0.2, 0) is 52.3 Å². The molecule has 4 saturated heterocycles. The van der Waals surface area contributed by atoms with Crippen molar-refractivity contribution in [2.45, 2.75) is 149 Å². The average molecular weight is 1110 g/mol. The monoisotopic (exact) mass is 1110 g/mol. The number of carbonyl (C=O) groups excluding carboxylic acids is 3. The minimum absolute atomic E-state index is 0.215. The lowest BCUT2D eigenvalue weighted by Gasteiger charge is -2.40. The first-order valence-electron chi connectivity index (χ1n) is 25.2. The predicted octanol–water partition coefficient (Wildman–Crippen LogP) is -12.2. The number of aliphatic hydroxyl groups excluding tert-OH is 16. The van der Waals surface area contributed by atoms with Crippen molar-refractivity contribution in [2.24, 2.45) is 5.73 Å². The Kier molecular flexibility index (Phi) is 28.8. The molecule has 0 saturated carbocycles. The number of nitrogens with one attached hydrogen (secondary N) is 1. The zero-order valence-corrected chi connectivity index (χ0v) is 42.0. The summed E-state index contributed by atoms with van der Waals surface area (Å²) in [5, 5.41) is 166. The topological polar surface area (TPSA) is 497 Å². The van der Waals surface area contributed by atoms with Crippen molar-refractivity contribution in [3.63, 3.8) is 0 Å². The number of nitrogens with zero attached hydrogens (tertiary/aromatic N) is 3. The lowest BCUT2D eigenvalue weighted by Crippen LogP contribution is -2.59. The van der Waals surface area contributed by atoms with Crippen LogP contribution in [0.3, 0.4) is 0 Å². The summed E-state index contributed by atoms with van der Waals surface area (Å²) in [4.78, 5) is 45.6. The van der Waals surface area contributed by atoms with Crippen LogP contribution in [0.2, 0.25) is 0 Å². The summed E-state index contributed by atoms with van der Waals surface area (Å²) in [5.74, 6) is -2.23. The number of aliphatic hydroxyl groups is 16. The van der Waals surface area contributed by atoms with Gasteiger partial charge in [-0.15, -0.1) is 0 Å². The van der Waals surface area contributed by atoms with E-state index in [1.165, 1.54) is 0 Å². The highest BCUT2D eigenvalue weighted by molar-refractivity contribution is 5.84. The summed E-state index contributed by atoms with van der Waals surface area (Å²) in [7, 11) is 0. The number of carbonyl (C=O) groups is 3. The van der Waals surface area contributed by atoms with Crippen LogP contribution in [0.25, 0.3) is 0 Å². The minimum Gasteiger partial charge on any atom is -0.394 e. The molecule has 0 bridgehead atoms. The van der Waals surface area contributed by atoms with E-state index in [1.807, 2.05) is 0 Å². The summed E-state index contributed by atoms with van der Waals surface area (Å²) in [6, 6.07) is 0. The van der Waals surface area contributed by atoms with Gasteiger partial charge in [0, 0.05) is 32.7 Å². The van der Waals surface area contributed by atoms with E-state index in [0.29, 0.717) is 13.0 Å². The van der Waals surface area contributed by atoms with Gasteiger partial charge >= 0.3 is 0 Å². The number of unbranched alkanes of at least 4 members (excludes halogenated alkanes) is 3. The minimum atomic E-state index is -1.81. The lowest BCUT2D eigenvalue weighted by molar-refractivity contribution is -0.303. The Balaban J connectivity index is 1.57. The normalized spacial score (nSPS) is 36.0. The highest BCUT2D eigenvalue weighted by Crippen LogP contribution is 2.26. The van der Waals surface area contributed by atoms with Gasteiger partial charge in [0.25, 0.3) is 0 Å². The van der Waals surface area contributed by atoms with Gasteiger partial charge in [0.05, 0.1) is 72.5 Å². The molecule has 4 heterocycles. The molecule has 444 valence electrons. The number of hydrogen-bond acceptors (Lipinski definition) is 29. The smallest absolute Gasteiger partial charge is 0.236 e. The van der Waals surface area contributed by atoms with E-state index < -0.39 is 213 Å². The van der Waals surface area contributed by atoms with Crippen molar-refractivity contribution in [3.05, 3.63) is 0 Å². The van der Waals surface area contributed by atoms with Gasteiger partial charge in [0.15, 0.2) is 25.2 Å². The van der Waals surface area contributed by atoms with Crippen molar-refractivity contribution in [1.29, 1.82) is 0 Å². The van der Waals surface area contributed by atoms with E-state index >= 15 is 0 Å². The molecule has 32 heteroatoms. The van der Waals surface area contributed by atoms with E-state index in [2.05, 4.69) is 5.32 Å². The lowest BCUT2D eigenvalue weighted by atomic mass is 9.99. The Labute approximate surface area is 437 Å². The van der Waals surface area contributed by atoms with E-state index in [4.69, 9.17) is 43.6 Å². The number of rotatable bonds is 32. The molecule has 0 aromatic carbocycles. The maximum Gasteiger partial charge on any atom is 0.236 e. The van der Waals surface area contributed by atoms with Crippen LogP contribution in [0.1, 0.15) is 25.7 Å². The molecule has 3 amide bonds. The molecule has 5 unspecified atom stereocenters. The summed E-state index contributed by atoms with van der Waals surface area (Å²) in [5.41, 5.74) is 5.58. The van der Waals surface area contributed by atoms with Crippen molar-refractivity contribution in [1.82, 2.24) is 20.0 Å². The van der Waals surface area contributed by atoms with Crippen LogP contribution in [0.5, 0.6) is 0 Å². The number of hydrogen-bond donors (Lipinski definition) is 18. The van der Waals surface area contributed by atoms with Gasteiger partial charge in [-0.25, -0.2) is 0 Å². The number of amides is 3. The van der Waals surface area contributed by atoms with E-state index in [-0.39, 0.29) is 32.7 Å². The van der Waals surface area contributed by atoms with Crippen molar-refractivity contribution in [2.75, 3.05) is 112 Å². The van der Waals surface area contributed by atoms with Gasteiger partial charge in [-0.2, -0.15) is 0 Å². The largest absolute Gasteiger partial charge is 0.394 e. The third-order valence-corrected chi connectivity index (χ3v) is 13.2. The molecule has 19 N–H and O–H groups in total. The molecule has 0 radical (unpaired) electrons. The van der Waals surface area contributed by atoms with Crippen LogP contribution >= 0.6 is 0 Å². The van der Waals surface area contributed by atoms with Crippen molar-refractivity contribution >= 4 is 17.7 Å². The van der Waals surface area contributed by atoms with Crippen LogP contribution in [-0.4, -0.2) is 349 Å². The van der Waals surface area contributed by atoms with Crippen LogP contribution < -0.4 is 11.1 Å². The van der Waals surface area contributed by atoms with Crippen molar-refractivity contribution in [3.8, 4) is 0 Å². The maximum absolute atomic E-state index is 14.4. The first-order chi connectivity index (χ1) is 36.2. The van der Waals surface area contributed by atoms with Gasteiger partial charge in [-0.05, 0) is 19.4 Å². The molecule has 4 aliphatic heterocycles. The molecular weight excluding hydrogens is 1030 g/mol. The summed E-state index contributed by atoms with van der Waals surface area (Å²) < 4.78 is 44.1. The first-order valence-corrected chi connectivity index (χ1v) is 25.2. The predicted molar refractivity (Wildman–Crippen MR) is 249 cm³/mol. The molecular formula is C44H81N5O27. The Morgan fingerprint density at radius 2 is 0.697 bits per heavy atom. The van der Waals surface area contributed by atoms with E-state index in [1.54, 1.807) is 0 Å². The molecule has 20 atom stereocenters. The summed E-state index contributed by atoms with van der Waals surface area (Å²) in [6.07, 6.45) is -30.3. The highest BCUT2D eigenvalue weighted by Gasteiger charge is 2.47. The van der Waals surface area contributed by atoms with Gasteiger partial charge in [-0.1, -0.05) is 12.8 Å². The third-order valence-electron chi connectivity index (χ3n) is 13.2. The summed E-state index contributed by atoms with van der Waals surface area (Å²) in [6.45, 7) is -7.71. The number of nitrogens with two attached hydrogens (primary N) is 1. The molecule has 76 heavy (non-hydrogen) atoms. The van der Waals surface area contributed by atoms with Crippen LogP contribution in [0.15, 0.2) is 0 Å². The SMILES string of the molecule is NCCCCCCNC(=O)CN(CC(=O)N(CCOC1OC(CO)C(O)C(O)C1O)CCO[C@H]1O[C@H](CO)[C@@H](O)[C@H](O)[C@@H]1O)CC(=O)N(CCO[C@H]1O[C@H](CO)[C@@H](O)[C@H](O)[C@@H]1O)CCO[C@H]1O[C@H](CO)[C@@H](O)[C@H](O)[C@@H]1O. The third kappa shape index (κ3) is 18.7. The quantitative estimate of drug-likeness (QED) is 0.0278. The van der Waals surface area contributed by atoms with Gasteiger partial charge in [-0.3, -0.25) is 19.3 Å². The van der Waals surface area contributed by atoms with Crippen molar-refractivity contribution < 1.29 is 134 Å². The molecule has 0 aromatic rings. The Hall–Kier alpha value is -2.63. The second-order valence-electron chi connectivity index (χ2n) is 18.7. The van der Waals surface area contributed by atoms with Gasteiger partial charge in [0.1, 0.15) is 97.7 Å². The fourth-order valence-electron chi connectivity index (χ4n) is 8.52. The Morgan fingerprint density at radius 1 is 0.408 bits per heavy atom. The number of ether oxygens (including phenoxy) is 8. The standard InChI is InChI=1S/C44H81N5O27/c45-5-3-1-2-4-6-46-26(54)15-47(16-27(55)48(7-11-69-41-37(65)33(61)29(57)22(18-50)73-41)8-12-70-42-38(66)34(62)30(58)23(19-51)74-42)17-28(56)49(9-13-71-43-39(67)35(63)31(59)24(20-52)75-43)10-14-72-44-40(68)36(64)32(60)25(21-53)76-44/h22-25,29-44,50-53,57-68H,1-21,45H2,(H,46,54)/t22-,23-,24-,25?,29-,30-,31-,32?,33+,34+,35+,36?,37+,38+,39+,40?,41+,42+,43+,44?/m1/s1. The molecule has 32 nitrogen and oxygen atoms in total. The molecule has 4 rings (SSSR count). The molecule has 0 aromatic heterocycles. The first kappa shape index (κ1) is 65.9. The molecule has 4 aliphatic rings. The fourth-order valence-corrected chi connectivity index (χ4v) is 8.52. The highest BCUT2D eigenvalue weighted by atomic mass is 16.7. The zero-order valence-electron chi connectivity index (χ0n) is 42.0. The van der Waals surface area contributed by atoms with Gasteiger partial charge in [0.2, 0.25) is 17.7 Å². The maximum atomic E-state index is 14.4. The van der Waals surface area contributed by atoms with Crippen LogP contribution in [0.4, 0.5) is 0 Å². The average Bonchev–Trinajstić information content (AvgIpc) is 3.40. The Morgan fingerprint density at radius 3 is 0.974 bits per heavy atom. The van der Waals surface area contributed by atoms with E-state index in [9.17, 15) is 96.1 Å². The summed E-state index contributed by atoms with van der Waals surface area (Å²) >= 11 is 0. The molecule has 0 spiro atoms. The molecule has 4 fully saturated rings. The van der Waals surface area contributed by atoms with Gasteiger partial charge < -0.3 is 140 Å².